The molecule has 1 aromatic heterocycles. The third-order valence-electron chi connectivity index (χ3n) is 5.06. The minimum atomic E-state index is -5.11. The Morgan fingerprint density at radius 1 is 1.15 bits per heavy atom. The number of amidine groups is 1. The lowest BCUT2D eigenvalue weighted by Gasteiger charge is -2.35. The van der Waals surface area contributed by atoms with Crippen LogP contribution in [0.15, 0.2) is 42.6 Å². The first-order valence-corrected chi connectivity index (χ1v) is 10.2. The number of rotatable bonds is 5. The standard InChI is InChI=1S/C22H22F3N5O4/c1-13-10-16(6-7-27-13)20(32)30-8-9-34-12-17(30)11-28-19(31)15-4-2-14(3-5-15)18(26)29-21(33)22(23,24)25/h2-7,10,17H,8-9,11-12H2,1H3,(H,28,31)(H2,26,29,33). The zero-order chi connectivity index (χ0) is 24.9. The number of halogens is 3. The summed E-state index contributed by atoms with van der Waals surface area (Å²) in [5, 5.41) is 11.8. The van der Waals surface area contributed by atoms with Crippen LogP contribution in [0, 0.1) is 12.3 Å². The minimum absolute atomic E-state index is 0.000698. The van der Waals surface area contributed by atoms with Crippen molar-refractivity contribution in [2.75, 3.05) is 26.3 Å². The van der Waals surface area contributed by atoms with Gasteiger partial charge in [-0.25, -0.2) is 0 Å². The van der Waals surface area contributed by atoms with Crippen LogP contribution in [-0.2, 0) is 9.53 Å². The van der Waals surface area contributed by atoms with Gasteiger partial charge in [0.2, 0.25) is 0 Å². The molecule has 1 saturated heterocycles. The predicted molar refractivity (Wildman–Crippen MR) is 114 cm³/mol. The molecule has 34 heavy (non-hydrogen) atoms. The van der Waals surface area contributed by atoms with E-state index in [9.17, 15) is 27.6 Å². The SMILES string of the molecule is Cc1cc(C(=O)N2CCOCC2CNC(=O)c2ccc(C(=N)NC(=O)C(F)(F)F)cc2)ccn1. The number of nitrogens with zero attached hydrogens (tertiary/aromatic N) is 2. The average molecular weight is 477 g/mol. The molecule has 0 radical (unpaired) electrons. The Hall–Kier alpha value is -3.80. The van der Waals surface area contributed by atoms with Crippen molar-refractivity contribution in [2.45, 2.75) is 19.1 Å². The zero-order valence-electron chi connectivity index (χ0n) is 18.1. The van der Waals surface area contributed by atoms with Crippen LogP contribution in [-0.4, -0.2) is 72.0 Å². The number of amides is 3. The molecular weight excluding hydrogens is 455 g/mol. The second-order valence-electron chi connectivity index (χ2n) is 7.53. The number of nitrogens with one attached hydrogen (secondary N) is 3. The van der Waals surface area contributed by atoms with Crippen molar-refractivity contribution in [1.82, 2.24) is 20.5 Å². The van der Waals surface area contributed by atoms with Crippen molar-refractivity contribution < 1.29 is 32.3 Å². The molecule has 1 aromatic carbocycles. The number of pyridine rings is 1. The Labute approximate surface area is 192 Å². The van der Waals surface area contributed by atoms with Crippen LogP contribution >= 0.6 is 0 Å². The van der Waals surface area contributed by atoms with Gasteiger partial charge in [-0.1, -0.05) is 12.1 Å². The molecule has 1 fully saturated rings. The number of benzene rings is 1. The molecule has 0 bridgehead atoms. The Bertz CT molecular complexity index is 1090. The number of aryl methyl sites for hydroxylation is 1. The van der Waals surface area contributed by atoms with E-state index < -0.39 is 29.9 Å². The van der Waals surface area contributed by atoms with Crippen LogP contribution in [0.2, 0.25) is 0 Å². The van der Waals surface area contributed by atoms with Crippen molar-refractivity contribution >= 4 is 23.6 Å². The predicted octanol–water partition coefficient (Wildman–Crippen LogP) is 1.66. The molecule has 2 heterocycles. The van der Waals surface area contributed by atoms with Gasteiger partial charge in [0, 0.05) is 41.7 Å². The fourth-order valence-corrected chi connectivity index (χ4v) is 3.29. The van der Waals surface area contributed by atoms with E-state index >= 15 is 0 Å². The van der Waals surface area contributed by atoms with Crippen LogP contribution in [0.3, 0.4) is 0 Å². The highest BCUT2D eigenvalue weighted by Crippen LogP contribution is 2.15. The summed E-state index contributed by atoms with van der Waals surface area (Å²) in [7, 11) is 0. The largest absolute Gasteiger partial charge is 0.471 e. The molecule has 2 aromatic rings. The van der Waals surface area contributed by atoms with Crippen molar-refractivity contribution in [3.8, 4) is 0 Å². The quantitative estimate of drug-likeness (QED) is 0.446. The molecule has 180 valence electrons. The molecule has 1 aliphatic heterocycles. The second-order valence-corrected chi connectivity index (χ2v) is 7.53. The number of ether oxygens (including phenoxy) is 1. The molecule has 1 atom stereocenters. The lowest BCUT2D eigenvalue weighted by atomic mass is 10.1. The molecular formula is C22H22F3N5O4. The number of hydrogen-bond acceptors (Lipinski definition) is 6. The summed E-state index contributed by atoms with van der Waals surface area (Å²) >= 11 is 0. The Morgan fingerprint density at radius 2 is 1.82 bits per heavy atom. The molecule has 12 heteroatoms. The summed E-state index contributed by atoms with van der Waals surface area (Å²) in [5.41, 5.74) is 1.39. The van der Waals surface area contributed by atoms with Crippen LogP contribution < -0.4 is 10.6 Å². The van der Waals surface area contributed by atoms with Gasteiger partial charge in [-0.2, -0.15) is 13.2 Å². The van der Waals surface area contributed by atoms with E-state index in [1.54, 1.807) is 30.2 Å². The Kier molecular flexibility index (Phi) is 7.61. The molecule has 3 amide bonds. The van der Waals surface area contributed by atoms with Crippen molar-refractivity contribution in [3.63, 3.8) is 0 Å². The second kappa shape index (κ2) is 10.4. The lowest BCUT2D eigenvalue weighted by Crippen LogP contribution is -2.53. The maximum Gasteiger partial charge on any atom is 0.471 e. The maximum atomic E-state index is 12.9. The van der Waals surface area contributed by atoms with Gasteiger partial charge in [-0.3, -0.25) is 24.8 Å². The normalized spacial score (nSPS) is 16.0. The summed E-state index contributed by atoms with van der Waals surface area (Å²) < 4.78 is 42.4. The molecule has 1 aliphatic rings. The van der Waals surface area contributed by atoms with E-state index in [1.807, 2.05) is 0 Å². The number of hydrogen-bond donors (Lipinski definition) is 3. The molecule has 1 unspecified atom stereocenters. The first kappa shape index (κ1) is 24.8. The summed E-state index contributed by atoms with van der Waals surface area (Å²) in [6.45, 7) is 2.88. The van der Waals surface area contributed by atoms with Gasteiger partial charge < -0.3 is 20.3 Å². The first-order chi connectivity index (χ1) is 16.1. The molecule has 0 spiro atoms. The van der Waals surface area contributed by atoms with Crippen LogP contribution in [0.5, 0.6) is 0 Å². The highest BCUT2D eigenvalue weighted by Gasteiger charge is 2.39. The number of morpholine rings is 1. The third-order valence-corrected chi connectivity index (χ3v) is 5.06. The maximum absolute atomic E-state index is 12.9. The molecule has 3 rings (SSSR count). The van der Waals surface area contributed by atoms with E-state index in [1.165, 1.54) is 29.6 Å². The van der Waals surface area contributed by atoms with Crippen molar-refractivity contribution in [3.05, 3.63) is 65.0 Å². The van der Waals surface area contributed by atoms with E-state index in [2.05, 4.69) is 10.3 Å². The highest BCUT2D eigenvalue weighted by molar-refractivity contribution is 6.08. The fraction of sp³-hybridized carbons (Fsp3) is 0.318. The van der Waals surface area contributed by atoms with Gasteiger partial charge >= 0.3 is 12.1 Å². The summed E-state index contributed by atoms with van der Waals surface area (Å²) in [6.07, 6.45) is -3.56. The number of carbonyl (C=O) groups excluding carboxylic acids is 3. The summed E-state index contributed by atoms with van der Waals surface area (Å²) in [4.78, 5) is 42.1. The van der Waals surface area contributed by atoms with Gasteiger partial charge in [-0.15, -0.1) is 0 Å². The zero-order valence-corrected chi connectivity index (χ0v) is 18.1. The molecule has 0 aliphatic carbocycles. The lowest BCUT2D eigenvalue weighted by molar-refractivity contribution is -0.171. The van der Waals surface area contributed by atoms with E-state index in [4.69, 9.17) is 10.1 Å². The van der Waals surface area contributed by atoms with Crippen molar-refractivity contribution in [2.24, 2.45) is 0 Å². The molecule has 0 saturated carbocycles. The number of alkyl halides is 3. The summed E-state index contributed by atoms with van der Waals surface area (Å²) in [6, 6.07) is 8.04. The third kappa shape index (κ3) is 6.16. The number of carbonyl (C=O) groups is 3. The Balaban J connectivity index is 1.60. The smallest absolute Gasteiger partial charge is 0.377 e. The van der Waals surface area contributed by atoms with Gasteiger partial charge in [0.15, 0.2) is 0 Å². The average Bonchev–Trinajstić information content (AvgIpc) is 2.81. The summed E-state index contributed by atoms with van der Waals surface area (Å²) in [5.74, 6) is -3.67. The van der Waals surface area contributed by atoms with Gasteiger partial charge in [0.25, 0.3) is 11.8 Å². The number of aromatic nitrogens is 1. The fourth-order valence-electron chi connectivity index (χ4n) is 3.29. The minimum Gasteiger partial charge on any atom is -0.377 e. The molecule has 3 N–H and O–H groups in total. The van der Waals surface area contributed by atoms with Crippen LogP contribution in [0.25, 0.3) is 0 Å². The topological polar surface area (TPSA) is 124 Å². The van der Waals surface area contributed by atoms with Gasteiger partial charge in [-0.05, 0) is 31.2 Å². The Morgan fingerprint density at radius 3 is 2.47 bits per heavy atom. The van der Waals surface area contributed by atoms with E-state index in [-0.39, 0.29) is 30.2 Å². The molecule has 9 nitrogen and oxygen atoms in total. The van der Waals surface area contributed by atoms with E-state index in [0.717, 1.165) is 0 Å². The highest BCUT2D eigenvalue weighted by atomic mass is 19.4. The first-order valence-electron chi connectivity index (χ1n) is 10.2. The van der Waals surface area contributed by atoms with E-state index in [0.29, 0.717) is 24.4 Å². The van der Waals surface area contributed by atoms with Crippen molar-refractivity contribution in [1.29, 1.82) is 5.41 Å². The van der Waals surface area contributed by atoms with Gasteiger partial charge in [0.1, 0.15) is 5.84 Å². The van der Waals surface area contributed by atoms with Crippen LogP contribution in [0.4, 0.5) is 13.2 Å². The van der Waals surface area contributed by atoms with Crippen LogP contribution in [0.1, 0.15) is 32.0 Å². The van der Waals surface area contributed by atoms with Gasteiger partial charge in [0.05, 0.1) is 19.3 Å². The monoisotopic (exact) mass is 477 g/mol.